The Morgan fingerprint density at radius 2 is 0.452 bits per heavy atom. The molecule has 0 radical (unpaired) electrons. The van der Waals surface area contributed by atoms with Crippen molar-refractivity contribution in [2.24, 2.45) is 0 Å². The molecule has 0 saturated carbocycles. The van der Waals surface area contributed by atoms with Crippen LogP contribution in [-0.2, 0) is 28.6 Å². The quantitative estimate of drug-likeness (QED) is 0.0261. The molecule has 0 aliphatic heterocycles. The number of hydrogen-bond acceptors (Lipinski definition) is 6. The highest BCUT2D eigenvalue weighted by Gasteiger charge is 2.19. The number of ether oxygens (including phenoxy) is 3. The fourth-order valence-electron chi connectivity index (χ4n) is 10.3. The van der Waals surface area contributed by atoms with Crippen LogP contribution < -0.4 is 0 Å². The second-order valence-electron chi connectivity index (χ2n) is 22.7. The lowest BCUT2D eigenvalue weighted by Crippen LogP contribution is -2.30. The number of hydrogen-bond donors (Lipinski definition) is 0. The van der Waals surface area contributed by atoms with Gasteiger partial charge in [0.15, 0.2) is 6.10 Å². The van der Waals surface area contributed by atoms with Crippen molar-refractivity contribution in [1.82, 2.24) is 0 Å². The smallest absolute Gasteiger partial charge is 0.306 e. The highest BCUT2D eigenvalue weighted by atomic mass is 16.6. The summed E-state index contributed by atoms with van der Waals surface area (Å²) in [5.41, 5.74) is 0. The molecule has 0 amide bonds. The largest absolute Gasteiger partial charge is 0.462 e. The molecule has 6 heteroatoms. The normalized spacial score (nSPS) is 12.0. The van der Waals surface area contributed by atoms with Gasteiger partial charge in [0.1, 0.15) is 13.2 Å². The van der Waals surface area contributed by atoms with E-state index in [1.54, 1.807) is 0 Å². The molecule has 0 fully saturated rings. The third-order valence-electron chi connectivity index (χ3n) is 15.3. The molecule has 0 aliphatic rings. The highest BCUT2D eigenvalue weighted by Crippen LogP contribution is 2.18. The Labute approximate surface area is 456 Å². The Hall–Kier alpha value is -1.85. The van der Waals surface area contributed by atoms with E-state index in [-0.39, 0.29) is 31.1 Å². The van der Waals surface area contributed by atoms with Crippen LogP contribution in [0.1, 0.15) is 380 Å². The SMILES string of the molecule is CCCCCCCCCC/C=C\CCCCCCCCCCCCCCCCCCCC(=O)OCC(COC(=O)CCCCCCCCCCCCCC)OC(=O)CCCCCCCCCCCCCCCC. The molecule has 0 aromatic carbocycles. The first-order valence-corrected chi connectivity index (χ1v) is 33.2. The van der Waals surface area contributed by atoms with Crippen LogP contribution in [0.25, 0.3) is 0 Å². The van der Waals surface area contributed by atoms with Crippen molar-refractivity contribution in [2.45, 2.75) is 386 Å². The fraction of sp³-hybridized carbons (Fsp3) is 0.925. The summed E-state index contributed by atoms with van der Waals surface area (Å²) in [5.74, 6) is -0.832. The maximum Gasteiger partial charge on any atom is 0.306 e. The summed E-state index contributed by atoms with van der Waals surface area (Å²) in [6, 6.07) is 0. The summed E-state index contributed by atoms with van der Waals surface area (Å²) in [5, 5.41) is 0. The van der Waals surface area contributed by atoms with Gasteiger partial charge in [-0.3, -0.25) is 14.4 Å². The monoisotopic (exact) mass is 1030 g/mol. The minimum Gasteiger partial charge on any atom is -0.462 e. The van der Waals surface area contributed by atoms with Crippen LogP contribution in [0.5, 0.6) is 0 Å². The van der Waals surface area contributed by atoms with Crippen molar-refractivity contribution in [3.63, 3.8) is 0 Å². The van der Waals surface area contributed by atoms with Crippen molar-refractivity contribution in [3.05, 3.63) is 12.2 Å². The van der Waals surface area contributed by atoms with E-state index in [9.17, 15) is 14.4 Å². The van der Waals surface area contributed by atoms with Gasteiger partial charge in [0, 0.05) is 19.3 Å². The van der Waals surface area contributed by atoms with E-state index in [0.29, 0.717) is 19.3 Å². The van der Waals surface area contributed by atoms with E-state index in [1.807, 2.05) is 0 Å². The Morgan fingerprint density at radius 1 is 0.260 bits per heavy atom. The van der Waals surface area contributed by atoms with Gasteiger partial charge in [-0.25, -0.2) is 0 Å². The van der Waals surface area contributed by atoms with E-state index in [0.717, 1.165) is 57.8 Å². The molecule has 1 unspecified atom stereocenters. The molecule has 73 heavy (non-hydrogen) atoms. The highest BCUT2D eigenvalue weighted by molar-refractivity contribution is 5.71. The molecule has 0 rings (SSSR count). The zero-order chi connectivity index (χ0) is 52.9. The molecule has 0 heterocycles. The summed E-state index contributed by atoms with van der Waals surface area (Å²) in [6.45, 7) is 6.71. The second-order valence-corrected chi connectivity index (χ2v) is 22.7. The first-order chi connectivity index (χ1) is 36.0. The van der Waals surface area contributed by atoms with E-state index >= 15 is 0 Å². The molecule has 1 atom stereocenters. The van der Waals surface area contributed by atoms with Gasteiger partial charge in [-0.15, -0.1) is 0 Å². The Balaban J connectivity index is 4.10. The van der Waals surface area contributed by atoms with Crippen molar-refractivity contribution in [2.75, 3.05) is 13.2 Å². The standard InChI is InChI=1S/C67H128O6/c1-4-7-10-13-16-19-22-25-27-28-29-30-31-32-33-34-35-36-37-38-39-40-41-43-45-48-51-54-57-60-66(69)72-63-64(62-71-65(68)59-56-53-50-47-44-24-21-18-15-12-9-6-3)73-67(70)61-58-55-52-49-46-42-26-23-20-17-14-11-8-5-2/h28-29,64H,4-27,30-63H2,1-3H3/b29-28-. The zero-order valence-electron chi connectivity index (χ0n) is 49.7. The number of rotatable bonds is 62. The lowest BCUT2D eigenvalue weighted by Gasteiger charge is -2.18. The summed E-state index contributed by atoms with van der Waals surface area (Å²) in [4.78, 5) is 38.2. The molecule has 432 valence electrons. The van der Waals surface area contributed by atoms with Crippen molar-refractivity contribution in [1.29, 1.82) is 0 Å². The third-order valence-corrected chi connectivity index (χ3v) is 15.3. The summed E-state index contributed by atoms with van der Waals surface area (Å²) < 4.78 is 16.9. The van der Waals surface area contributed by atoms with Gasteiger partial charge in [-0.2, -0.15) is 0 Å². The maximum atomic E-state index is 12.9. The topological polar surface area (TPSA) is 78.9 Å². The molecule has 0 N–H and O–H groups in total. The zero-order valence-corrected chi connectivity index (χ0v) is 49.7. The predicted octanol–water partition coefficient (Wildman–Crippen LogP) is 22.4. The summed E-state index contributed by atoms with van der Waals surface area (Å²) >= 11 is 0. The number of carbonyl (C=O) groups excluding carboxylic acids is 3. The molecule has 0 bridgehead atoms. The van der Waals surface area contributed by atoms with Crippen LogP contribution in [0.3, 0.4) is 0 Å². The Kier molecular flexibility index (Phi) is 61.1. The molecule has 0 aliphatic carbocycles. The molecule has 0 aromatic rings. The van der Waals surface area contributed by atoms with Crippen molar-refractivity contribution >= 4 is 17.9 Å². The minimum atomic E-state index is -0.763. The molecule has 0 aromatic heterocycles. The van der Waals surface area contributed by atoms with Crippen LogP contribution in [-0.4, -0.2) is 37.2 Å². The van der Waals surface area contributed by atoms with Gasteiger partial charge >= 0.3 is 17.9 Å². The van der Waals surface area contributed by atoms with Gasteiger partial charge < -0.3 is 14.2 Å². The van der Waals surface area contributed by atoms with Gasteiger partial charge in [-0.1, -0.05) is 328 Å². The van der Waals surface area contributed by atoms with Gasteiger partial charge in [0.25, 0.3) is 0 Å². The Bertz CT molecular complexity index is 1130. The number of esters is 3. The van der Waals surface area contributed by atoms with E-state index in [4.69, 9.17) is 14.2 Å². The number of allylic oxidation sites excluding steroid dienone is 2. The molecule has 6 nitrogen and oxygen atoms in total. The van der Waals surface area contributed by atoms with Crippen LogP contribution in [0.4, 0.5) is 0 Å². The molecular weight excluding hydrogens is 901 g/mol. The van der Waals surface area contributed by atoms with Gasteiger partial charge in [0.2, 0.25) is 0 Å². The number of unbranched alkanes of at least 4 members (excludes halogenated alkanes) is 49. The summed E-state index contributed by atoms with van der Waals surface area (Å²) in [7, 11) is 0. The van der Waals surface area contributed by atoms with Crippen LogP contribution >= 0.6 is 0 Å². The molecular formula is C67H128O6. The minimum absolute atomic E-state index is 0.0626. The maximum absolute atomic E-state index is 12.9. The van der Waals surface area contributed by atoms with Gasteiger partial charge in [0.05, 0.1) is 0 Å². The lowest BCUT2D eigenvalue weighted by atomic mass is 10.0. The van der Waals surface area contributed by atoms with E-state index in [2.05, 4.69) is 32.9 Å². The van der Waals surface area contributed by atoms with Crippen LogP contribution in [0.15, 0.2) is 12.2 Å². The van der Waals surface area contributed by atoms with Crippen LogP contribution in [0.2, 0.25) is 0 Å². The van der Waals surface area contributed by atoms with Crippen molar-refractivity contribution in [3.8, 4) is 0 Å². The fourth-order valence-corrected chi connectivity index (χ4v) is 10.3. The van der Waals surface area contributed by atoms with Crippen molar-refractivity contribution < 1.29 is 28.6 Å². The Morgan fingerprint density at radius 3 is 0.685 bits per heavy atom. The van der Waals surface area contributed by atoms with Crippen LogP contribution in [0, 0.1) is 0 Å². The summed E-state index contributed by atoms with van der Waals surface area (Å²) in [6.07, 6.45) is 73.8. The van der Waals surface area contributed by atoms with E-state index in [1.165, 1.54) is 283 Å². The molecule has 0 saturated heterocycles. The van der Waals surface area contributed by atoms with E-state index < -0.39 is 6.10 Å². The molecule has 0 spiro atoms. The number of carbonyl (C=O) groups is 3. The average Bonchev–Trinajstić information content (AvgIpc) is 3.39. The van der Waals surface area contributed by atoms with Gasteiger partial charge in [-0.05, 0) is 44.9 Å². The lowest BCUT2D eigenvalue weighted by molar-refractivity contribution is -0.167. The second kappa shape index (κ2) is 62.7. The first-order valence-electron chi connectivity index (χ1n) is 33.2. The third kappa shape index (κ3) is 60.9. The predicted molar refractivity (Wildman–Crippen MR) is 317 cm³/mol. The first kappa shape index (κ1) is 71.2. The average molecular weight is 1030 g/mol.